The summed E-state index contributed by atoms with van der Waals surface area (Å²) in [7, 11) is -2.78. The standard InChI is InChI=1S/C14H27NO2S/c1-3-15-13(9-6-10-18(16,17)4-2)14-11-7-5-8-12(11)14/h11-15H,3-10H2,1-2H3. The van der Waals surface area contributed by atoms with Crippen LogP contribution >= 0.6 is 0 Å². The Bertz CT molecular complexity index is 356. The van der Waals surface area contributed by atoms with E-state index in [1.807, 2.05) is 0 Å². The molecule has 0 heterocycles. The summed E-state index contributed by atoms with van der Waals surface area (Å²) in [5, 5.41) is 3.58. The molecule has 2 fully saturated rings. The highest BCUT2D eigenvalue weighted by atomic mass is 32.2. The Morgan fingerprint density at radius 2 is 1.89 bits per heavy atom. The van der Waals surface area contributed by atoms with Gasteiger partial charge in [-0.2, -0.15) is 0 Å². The number of fused-ring (bicyclic) bond motifs is 1. The zero-order valence-corrected chi connectivity index (χ0v) is 12.5. The molecule has 0 aromatic carbocycles. The van der Waals surface area contributed by atoms with Crippen LogP contribution in [0, 0.1) is 17.8 Å². The Hall–Kier alpha value is -0.0900. The minimum Gasteiger partial charge on any atom is -0.314 e. The van der Waals surface area contributed by atoms with Crippen molar-refractivity contribution in [3.8, 4) is 0 Å². The van der Waals surface area contributed by atoms with Crippen molar-refractivity contribution < 1.29 is 8.42 Å². The lowest BCUT2D eigenvalue weighted by molar-refractivity contribution is 0.389. The van der Waals surface area contributed by atoms with E-state index in [0.717, 1.165) is 37.1 Å². The first kappa shape index (κ1) is 14.3. The number of sulfone groups is 1. The van der Waals surface area contributed by atoms with Crippen molar-refractivity contribution in [1.82, 2.24) is 5.32 Å². The molecular weight excluding hydrogens is 246 g/mol. The minimum absolute atomic E-state index is 0.285. The molecule has 0 aliphatic heterocycles. The Labute approximate surface area is 112 Å². The molecule has 18 heavy (non-hydrogen) atoms. The maximum absolute atomic E-state index is 11.5. The zero-order chi connectivity index (χ0) is 13.2. The Kier molecular flexibility index (Phi) is 4.70. The third kappa shape index (κ3) is 3.27. The van der Waals surface area contributed by atoms with Crippen molar-refractivity contribution in [3.05, 3.63) is 0 Å². The van der Waals surface area contributed by atoms with Crippen molar-refractivity contribution in [1.29, 1.82) is 0 Å². The van der Waals surface area contributed by atoms with Gasteiger partial charge in [-0.05, 0) is 50.0 Å². The van der Waals surface area contributed by atoms with Crippen LogP contribution in [0.4, 0.5) is 0 Å². The molecule has 0 saturated heterocycles. The van der Waals surface area contributed by atoms with Crippen LogP contribution in [-0.4, -0.2) is 32.5 Å². The Balaban J connectivity index is 1.77. The number of rotatable bonds is 8. The number of hydrogen-bond donors (Lipinski definition) is 1. The molecule has 3 nitrogen and oxygen atoms in total. The summed E-state index contributed by atoms with van der Waals surface area (Å²) in [5.41, 5.74) is 0. The lowest BCUT2D eigenvalue weighted by Gasteiger charge is -2.19. The normalized spacial score (nSPS) is 32.2. The summed E-state index contributed by atoms with van der Waals surface area (Å²) in [4.78, 5) is 0. The van der Waals surface area contributed by atoms with Crippen LogP contribution in [0.2, 0.25) is 0 Å². The molecule has 0 amide bonds. The Morgan fingerprint density at radius 3 is 2.44 bits per heavy atom. The highest BCUT2D eigenvalue weighted by Gasteiger charge is 2.55. The summed E-state index contributed by atoms with van der Waals surface area (Å²) < 4.78 is 23.0. The van der Waals surface area contributed by atoms with Gasteiger partial charge in [0.1, 0.15) is 9.84 Å². The van der Waals surface area contributed by atoms with E-state index < -0.39 is 9.84 Å². The molecule has 3 atom stereocenters. The van der Waals surface area contributed by atoms with E-state index in [9.17, 15) is 8.42 Å². The van der Waals surface area contributed by atoms with Crippen LogP contribution in [0.1, 0.15) is 46.0 Å². The van der Waals surface area contributed by atoms with Crippen molar-refractivity contribution in [3.63, 3.8) is 0 Å². The third-order valence-corrected chi connectivity index (χ3v) is 6.60. The molecule has 2 saturated carbocycles. The molecule has 0 radical (unpaired) electrons. The monoisotopic (exact) mass is 273 g/mol. The fraction of sp³-hybridized carbons (Fsp3) is 1.00. The average molecular weight is 273 g/mol. The molecule has 1 N–H and O–H groups in total. The van der Waals surface area contributed by atoms with Crippen molar-refractivity contribution in [2.24, 2.45) is 17.8 Å². The van der Waals surface area contributed by atoms with E-state index >= 15 is 0 Å². The van der Waals surface area contributed by atoms with E-state index in [1.54, 1.807) is 6.92 Å². The number of hydrogen-bond acceptors (Lipinski definition) is 3. The van der Waals surface area contributed by atoms with Gasteiger partial charge in [0.05, 0.1) is 5.75 Å². The second kappa shape index (κ2) is 5.91. The van der Waals surface area contributed by atoms with Gasteiger partial charge in [-0.1, -0.05) is 20.3 Å². The summed E-state index contributed by atoms with van der Waals surface area (Å²) in [6.45, 7) is 4.89. The Morgan fingerprint density at radius 1 is 1.22 bits per heavy atom. The van der Waals surface area contributed by atoms with Gasteiger partial charge in [-0.25, -0.2) is 8.42 Å². The molecule has 2 rings (SSSR count). The molecule has 0 spiro atoms. The quantitative estimate of drug-likeness (QED) is 0.737. The molecule has 106 valence electrons. The van der Waals surface area contributed by atoms with Gasteiger partial charge in [-0.3, -0.25) is 0 Å². The van der Waals surface area contributed by atoms with Gasteiger partial charge in [0.2, 0.25) is 0 Å². The molecule has 2 aliphatic rings. The van der Waals surface area contributed by atoms with Crippen molar-refractivity contribution >= 4 is 9.84 Å². The van der Waals surface area contributed by atoms with Crippen LogP contribution in [-0.2, 0) is 9.84 Å². The highest BCUT2D eigenvalue weighted by molar-refractivity contribution is 7.91. The van der Waals surface area contributed by atoms with Crippen LogP contribution < -0.4 is 5.32 Å². The van der Waals surface area contributed by atoms with Gasteiger partial charge in [0, 0.05) is 11.8 Å². The molecule has 0 aromatic heterocycles. The molecule has 4 heteroatoms. The first-order valence-electron chi connectivity index (χ1n) is 7.53. The molecule has 3 unspecified atom stereocenters. The first-order valence-corrected chi connectivity index (χ1v) is 9.35. The summed E-state index contributed by atoms with van der Waals surface area (Å²) in [6.07, 6.45) is 6.08. The fourth-order valence-electron chi connectivity index (χ4n) is 3.83. The maximum atomic E-state index is 11.5. The molecule has 0 bridgehead atoms. The van der Waals surface area contributed by atoms with E-state index in [-0.39, 0.29) is 5.75 Å². The molecular formula is C14H27NO2S. The van der Waals surface area contributed by atoms with Gasteiger partial charge < -0.3 is 5.32 Å². The first-order chi connectivity index (χ1) is 8.59. The lowest BCUT2D eigenvalue weighted by Crippen LogP contribution is -2.33. The van der Waals surface area contributed by atoms with E-state index in [2.05, 4.69) is 12.2 Å². The largest absolute Gasteiger partial charge is 0.314 e. The van der Waals surface area contributed by atoms with Crippen LogP contribution in [0.25, 0.3) is 0 Å². The van der Waals surface area contributed by atoms with Crippen molar-refractivity contribution in [2.75, 3.05) is 18.1 Å². The summed E-state index contributed by atoms with van der Waals surface area (Å²) in [5.74, 6) is 3.41. The number of nitrogens with one attached hydrogen (secondary N) is 1. The maximum Gasteiger partial charge on any atom is 0.150 e. The van der Waals surface area contributed by atoms with E-state index in [4.69, 9.17) is 0 Å². The summed E-state index contributed by atoms with van der Waals surface area (Å²) in [6, 6.07) is 0.567. The predicted octanol–water partition coefficient (Wildman–Crippen LogP) is 2.23. The van der Waals surface area contributed by atoms with Gasteiger partial charge >= 0.3 is 0 Å². The second-order valence-electron chi connectivity index (χ2n) is 5.88. The van der Waals surface area contributed by atoms with Gasteiger partial charge in [-0.15, -0.1) is 0 Å². The fourth-order valence-corrected chi connectivity index (χ4v) is 4.73. The average Bonchev–Trinajstić information content (AvgIpc) is 2.81. The van der Waals surface area contributed by atoms with Gasteiger partial charge in [0.15, 0.2) is 0 Å². The van der Waals surface area contributed by atoms with Crippen LogP contribution in [0.3, 0.4) is 0 Å². The SMILES string of the molecule is CCNC(CCCS(=O)(=O)CC)C1C2CCCC21. The molecule has 0 aromatic rings. The van der Waals surface area contributed by atoms with Crippen molar-refractivity contribution in [2.45, 2.75) is 52.0 Å². The molecule has 2 aliphatic carbocycles. The van der Waals surface area contributed by atoms with Gasteiger partial charge in [0.25, 0.3) is 0 Å². The lowest BCUT2D eigenvalue weighted by atomic mass is 10.00. The second-order valence-corrected chi connectivity index (χ2v) is 8.35. The van der Waals surface area contributed by atoms with Crippen LogP contribution in [0.5, 0.6) is 0 Å². The summed E-state index contributed by atoms with van der Waals surface area (Å²) >= 11 is 0. The van der Waals surface area contributed by atoms with E-state index in [1.165, 1.54) is 19.3 Å². The third-order valence-electron chi connectivity index (χ3n) is 4.81. The highest BCUT2D eigenvalue weighted by Crippen LogP contribution is 2.59. The predicted molar refractivity (Wildman–Crippen MR) is 75.3 cm³/mol. The zero-order valence-electron chi connectivity index (χ0n) is 11.7. The minimum atomic E-state index is -2.78. The topological polar surface area (TPSA) is 46.2 Å². The van der Waals surface area contributed by atoms with E-state index in [0.29, 0.717) is 11.8 Å². The van der Waals surface area contributed by atoms with Crippen LogP contribution in [0.15, 0.2) is 0 Å². The smallest absolute Gasteiger partial charge is 0.150 e.